The molecule has 2 aliphatic rings. The second-order valence-electron chi connectivity index (χ2n) is 10.8. The number of nitrogens with zero attached hydrogens (tertiary/aromatic N) is 3. The van der Waals surface area contributed by atoms with Gasteiger partial charge in [0.2, 0.25) is 5.91 Å². The highest BCUT2D eigenvalue weighted by molar-refractivity contribution is 6.02. The van der Waals surface area contributed by atoms with Gasteiger partial charge in [0.15, 0.2) is 0 Å². The molecule has 3 aromatic carbocycles. The average Bonchev–Trinajstić information content (AvgIpc) is 2.93. The minimum absolute atomic E-state index is 0.0169. The van der Waals surface area contributed by atoms with Crippen LogP contribution in [-0.2, 0) is 11.3 Å². The van der Waals surface area contributed by atoms with E-state index < -0.39 is 0 Å². The van der Waals surface area contributed by atoms with Gasteiger partial charge in [0, 0.05) is 62.8 Å². The van der Waals surface area contributed by atoms with Crippen molar-refractivity contribution in [1.29, 1.82) is 0 Å². The molecular weight excluding hydrogens is 502 g/mol. The molecule has 4 amide bonds. The Morgan fingerprint density at radius 2 is 1.52 bits per heavy atom. The Hall–Kier alpha value is -4.33. The van der Waals surface area contributed by atoms with E-state index in [1.807, 2.05) is 73.7 Å². The van der Waals surface area contributed by atoms with E-state index in [0.717, 1.165) is 41.8 Å². The van der Waals surface area contributed by atoms with Crippen LogP contribution in [0.3, 0.4) is 0 Å². The van der Waals surface area contributed by atoms with Crippen molar-refractivity contribution >= 4 is 34.9 Å². The highest BCUT2D eigenvalue weighted by Crippen LogP contribution is 2.30. The lowest BCUT2D eigenvalue weighted by Gasteiger charge is -2.37. The van der Waals surface area contributed by atoms with Crippen LogP contribution >= 0.6 is 0 Å². The number of carbonyl (C=O) groups is 3. The molecule has 0 unspecified atom stereocenters. The Kier molecular flexibility index (Phi) is 8.34. The number of nitrogens with one attached hydrogen (secondary N) is 2. The van der Waals surface area contributed by atoms with Crippen LogP contribution in [0.15, 0.2) is 72.8 Å². The van der Waals surface area contributed by atoms with Crippen LogP contribution in [0.4, 0.5) is 21.9 Å². The number of carbonyl (C=O) groups excluding carboxylic acids is 3. The van der Waals surface area contributed by atoms with Crippen molar-refractivity contribution in [2.75, 3.05) is 48.8 Å². The van der Waals surface area contributed by atoms with Gasteiger partial charge in [-0.3, -0.25) is 9.59 Å². The Balaban J connectivity index is 1.30. The molecule has 0 radical (unpaired) electrons. The monoisotopic (exact) mass is 539 g/mol. The van der Waals surface area contributed by atoms with Gasteiger partial charge in [-0.1, -0.05) is 54.4 Å². The van der Waals surface area contributed by atoms with Crippen molar-refractivity contribution in [3.05, 3.63) is 89.5 Å². The number of urea groups is 1. The predicted octanol–water partition coefficient (Wildman–Crippen LogP) is 5.36. The maximum atomic E-state index is 13.8. The third-order valence-corrected chi connectivity index (χ3v) is 7.79. The molecule has 1 heterocycles. The minimum atomic E-state index is -0.128. The van der Waals surface area contributed by atoms with Crippen molar-refractivity contribution in [2.24, 2.45) is 5.92 Å². The molecule has 3 aromatic rings. The van der Waals surface area contributed by atoms with Gasteiger partial charge in [0.1, 0.15) is 0 Å². The van der Waals surface area contributed by atoms with Gasteiger partial charge in [0.05, 0.1) is 5.56 Å². The number of rotatable bonds is 7. The fourth-order valence-electron chi connectivity index (χ4n) is 5.10. The molecule has 8 heteroatoms. The van der Waals surface area contributed by atoms with Gasteiger partial charge in [-0.25, -0.2) is 4.79 Å². The number of benzene rings is 3. The third kappa shape index (κ3) is 6.45. The first-order valence-electron chi connectivity index (χ1n) is 14.0. The van der Waals surface area contributed by atoms with Gasteiger partial charge in [-0.15, -0.1) is 0 Å². The summed E-state index contributed by atoms with van der Waals surface area (Å²) in [7, 11) is 1.80. The summed E-state index contributed by atoms with van der Waals surface area (Å²) in [5.41, 5.74) is 4.94. The van der Waals surface area contributed by atoms with E-state index in [2.05, 4.69) is 15.5 Å². The molecule has 8 nitrogen and oxygen atoms in total. The SMILES string of the molecule is Cc1ccc(NC(=O)N2CCN(c3ccc(NC(=O)C4CCC4)cc3C(=O)N(C)Cc3ccccc3)CC2)cc1. The first-order valence-corrected chi connectivity index (χ1v) is 14.0. The maximum absolute atomic E-state index is 13.8. The van der Waals surface area contributed by atoms with E-state index in [9.17, 15) is 14.4 Å². The lowest BCUT2D eigenvalue weighted by Crippen LogP contribution is -2.50. The Morgan fingerprint density at radius 3 is 2.17 bits per heavy atom. The summed E-state index contributed by atoms with van der Waals surface area (Å²) in [5.74, 6) is -0.0416. The van der Waals surface area contributed by atoms with E-state index in [4.69, 9.17) is 0 Å². The van der Waals surface area contributed by atoms with E-state index in [1.165, 1.54) is 0 Å². The maximum Gasteiger partial charge on any atom is 0.321 e. The second-order valence-corrected chi connectivity index (χ2v) is 10.8. The number of hydrogen-bond acceptors (Lipinski definition) is 4. The Bertz CT molecular complexity index is 1350. The van der Waals surface area contributed by atoms with Gasteiger partial charge in [0.25, 0.3) is 5.91 Å². The highest BCUT2D eigenvalue weighted by atomic mass is 16.2. The molecule has 1 aliphatic carbocycles. The third-order valence-electron chi connectivity index (χ3n) is 7.79. The minimum Gasteiger partial charge on any atom is -0.367 e. The summed E-state index contributed by atoms with van der Waals surface area (Å²) >= 11 is 0. The number of hydrogen-bond donors (Lipinski definition) is 2. The van der Waals surface area contributed by atoms with Crippen molar-refractivity contribution in [3.8, 4) is 0 Å². The molecule has 208 valence electrons. The molecule has 1 aliphatic heterocycles. The number of piperazine rings is 1. The van der Waals surface area contributed by atoms with E-state index in [0.29, 0.717) is 44.0 Å². The topological polar surface area (TPSA) is 85.0 Å². The van der Waals surface area contributed by atoms with Crippen LogP contribution in [0, 0.1) is 12.8 Å². The number of anilines is 3. The van der Waals surface area contributed by atoms with Crippen molar-refractivity contribution in [2.45, 2.75) is 32.7 Å². The molecule has 1 saturated carbocycles. The molecule has 5 rings (SSSR count). The van der Waals surface area contributed by atoms with E-state index >= 15 is 0 Å². The molecule has 0 spiro atoms. The van der Waals surface area contributed by atoms with Crippen LogP contribution in [-0.4, -0.2) is 60.9 Å². The van der Waals surface area contributed by atoms with Crippen LogP contribution in [0.1, 0.15) is 40.7 Å². The van der Waals surface area contributed by atoms with Gasteiger partial charge in [-0.2, -0.15) is 0 Å². The number of aryl methyl sites for hydroxylation is 1. The van der Waals surface area contributed by atoms with E-state index in [-0.39, 0.29) is 23.8 Å². The molecular formula is C32H37N5O3. The summed E-state index contributed by atoms with van der Waals surface area (Å²) in [6.07, 6.45) is 2.91. The zero-order valence-corrected chi connectivity index (χ0v) is 23.2. The first kappa shape index (κ1) is 27.2. The molecule has 40 heavy (non-hydrogen) atoms. The first-order chi connectivity index (χ1) is 19.4. The quantitative estimate of drug-likeness (QED) is 0.423. The molecule has 0 atom stereocenters. The summed E-state index contributed by atoms with van der Waals surface area (Å²) in [6.45, 7) is 4.75. The van der Waals surface area contributed by atoms with Gasteiger partial charge < -0.3 is 25.3 Å². The largest absolute Gasteiger partial charge is 0.367 e. The second kappa shape index (κ2) is 12.2. The van der Waals surface area contributed by atoms with Gasteiger partial charge >= 0.3 is 6.03 Å². The normalized spacial score (nSPS) is 15.2. The Labute approximate surface area is 236 Å². The van der Waals surface area contributed by atoms with Crippen molar-refractivity contribution in [1.82, 2.24) is 9.80 Å². The van der Waals surface area contributed by atoms with Crippen LogP contribution < -0.4 is 15.5 Å². The smallest absolute Gasteiger partial charge is 0.321 e. The van der Waals surface area contributed by atoms with Gasteiger partial charge in [-0.05, 0) is 55.7 Å². The molecule has 0 aromatic heterocycles. The molecule has 1 saturated heterocycles. The summed E-state index contributed by atoms with van der Waals surface area (Å²) in [5, 5.41) is 5.99. The van der Waals surface area contributed by atoms with Crippen LogP contribution in [0.2, 0.25) is 0 Å². The highest BCUT2D eigenvalue weighted by Gasteiger charge is 2.28. The molecule has 2 N–H and O–H groups in total. The van der Waals surface area contributed by atoms with Crippen molar-refractivity contribution < 1.29 is 14.4 Å². The van der Waals surface area contributed by atoms with Crippen LogP contribution in [0.25, 0.3) is 0 Å². The summed E-state index contributed by atoms with van der Waals surface area (Å²) in [4.78, 5) is 44.9. The lowest BCUT2D eigenvalue weighted by molar-refractivity contribution is -0.122. The molecule has 0 bridgehead atoms. The fraction of sp³-hybridized carbons (Fsp3) is 0.344. The molecule has 2 fully saturated rings. The van der Waals surface area contributed by atoms with Crippen LogP contribution in [0.5, 0.6) is 0 Å². The fourth-order valence-corrected chi connectivity index (χ4v) is 5.10. The summed E-state index contributed by atoms with van der Waals surface area (Å²) in [6, 6.07) is 23.1. The summed E-state index contributed by atoms with van der Waals surface area (Å²) < 4.78 is 0. The zero-order chi connectivity index (χ0) is 28.1. The Morgan fingerprint density at radius 1 is 0.850 bits per heavy atom. The lowest BCUT2D eigenvalue weighted by atomic mass is 9.85. The zero-order valence-electron chi connectivity index (χ0n) is 23.2. The standard InChI is InChI=1S/C32H37N5O3/c1-23-11-13-26(14-12-23)34-32(40)37-19-17-36(18-20-37)29-16-15-27(33-30(38)25-9-6-10-25)21-28(29)31(39)35(2)22-24-7-4-3-5-8-24/h3-5,7-8,11-16,21,25H,6,9-10,17-20,22H2,1-2H3,(H,33,38)(H,34,40). The average molecular weight is 540 g/mol. The number of amides is 4. The van der Waals surface area contributed by atoms with E-state index in [1.54, 1.807) is 22.9 Å². The predicted molar refractivity (Wildman–Crippen MR) is 159 cm³/mol. The van der Waals surface area contributed by atoms with Crippen molar-refractivity contribution in [3.63, 3.8) is 0 Å².